The van der Waals surface area contributed by atoms with E-state index in [1.165, 1.54) is 0 Å². The van der Waals surface area contributed by atoms with Crippen LogP contribution in [0.25, 0.3) is 0 Å². The summed E-state index contributed by atoms with van der Waals surface area (Å²) < 4.78 is 10.5. The second-order valence-electron chi connectivity index (χ2n) is 4.22. The van der Waals surface area contributed by atoms with Crippen molar-refractivity contribution in [3.05, 3.63) is 40.4 Å². The zero-order valence-corrected chi connectivity index (χ0v) is 12.8. The van der Waals surface area contributed by atoms with E-state index in [-0.39, 0.29) is 12.5 Å². The van der Waals surface area contributed by atoms with E-state index in [0.29, 0.717) is 35.6 Å². The maximum absolute atomic E-state index is 11.5. The number of hydrogen-bond acceptors (Lipinski definition) is 3. The van der Waals surface area contributed by atoms with Crippen molar-refractivity contribution in [3.63, 3.8) is 0 Å². The van der Waals surface area contributed by atoms with Crippen molar-refractivity contribution in [2.45, 2.75) is 6.92 Å². The van der Waals surface area contributed by atoms with Gasteiger partial charge in [-0.05, 0) is 19.1 Å². The molecule has 0 radical (unpaired) electrons. The highest BCUT2D eigenvalue weighted by molar-refractivity contribution is 6.34. The molecule has 1 amide bonds. The summed E-state index contributed by atoms with van der Waals surface area (Å²) in [5.74, 6) is 0.132. The lowest BCUT2D eigenvalue weighted by molar-refractivity contribution is -0.123. The van der Waals surface area contributed by atoms with Crippen LogP contribution in [0.3, 0.4) is 0 Å². The predicted octanol–water partition coefficient (Wildman–Crippen LogP) is 3.08. The van der Waals surface area contributed by atoms with Crippen molar-refractivity contribution < 1.29 is 14.3 Å². The molecule has 4 nitrogen and oxygen atoms in total. The van der Waals surface area contributed by atoms with Crippen LogP contribution in [0.15, 0.2) is 30.4 Å². The van der Waals surface area contributed by atoms with E-state index >= 15 is 0 Å². The Hall–Kier alpha value is -1.23. The normalized spacial score (nSPS) is 10.2. The molecule has 0 bridgehead atoms. The third kappa shape index (κ3) is 6.80. The Morgan fingerprint density at radius 2 is 2.10 bits per heavy atom. The molecule has 0 saturated carbocycles. The summed E-state index contributed by atoms with van der Waals surface area (Å²) in [5.41, 5.74) is 0.940. The lowest BCUT2D eigenvalue weighted by atomic mass is 10.3. The molecule has 0 atom stereocenters. The second kappa shape index (κ2) is 8.84. The van der Waals surface area contributed by atoms with Crippen molar-refractivity contribution in [2.75, 3.05) is 26.4 Å². The monoisotopic (exact) mass is 317 g/mol. The van der Waals surface area contributed by atoms with E-state index in [2.05, 4.69) is 11.9 Å². The van der Waals surface area contributed by atoms with E-state index in [0.717, 1.165) is 5.57 Å². The molecule has 0 heterocycles. The maximum Gasteiger partial charge on any atom is 0.258 e. The minimum absolute atomic E-state index is 0.124. The van der Waals surface area contributed by atoms with Crippen LogP contribution in [0.2, 0.25) is 10.0 Å². The Labute approximate surface area is 128 Å². The first-order valence-corrected chi connectivity index (χ1v) is 6.81. The third-order valence-corrected chi connectivity index (χ3v) is 2.72. The lowest BCUT2D eigenvalue weighted by Crippen LogP contribution is -2.31. The van der Waals surface area contributed by atoms with Crippen LogP contribution in [0.4, 0.5) is 0 Å². The summed E-state index contributed by atoms with van der Waals surface area (Å²) in [4.78, 5) is 11.5. The molecule has 1 rings (SSSR count). The zero-order chi connectivity index (χ0) is 15.0. The molecule has 20 heavy (non-hydrogen) atoms. The largest absolute Gasteiger partial charge is 0.482 e. The van der Waals surface area contributed by atoms with Gasteiger partial charge in [0.15, 0.2) is 6.61 Å². The van der Waals surface area contributed by atoms with Gasteiger partial charge < -0.3 is 14.8 Å². The molecular formula is C14H17Cl2NO3. The first-order valence-electron chi connectivity index (χ1n) is 6.05. The number of benzene rings is 1. The Balaban J connectivity index is 2.23. The molecule has 0 unspecified atom stereocenters. The van der Waals surface area contributed by atoms with Gasteiger partial charge in [0.1, 0.15) is 5.75 Å². The number of halogens is 2. The highest BCUT2D eigenvalue weighted by Crippen LogP contribution is 2.27. The molecule has 1 aromatic carbocycles. The molecule has 1 N–H and O–H groups in total. The molecule has 6 heteroatoms. The predicted molar refractivity (Wildman–Crippen MR) is 80.6 cm³/mol. The minimum Gasteiger partial charge on any atom is -0.482 e. The van der Waals surface area contributed by atoms with Crippen LogP contribution in [0.1, 0.15) is 6.92 Å². The van der Waals surface area contributed by atoms with E-state index < -0.39 is 0 Å². The van der Waals surface area contributed by atoms with Crippen molar-refractivity contribution in [2.24, 2.45) is 0 Å². The average Bonchev–Trinajstić information content (AvgIpc) is 2.39. The molecule has 0 aromatic heterocycles. The van der Waals surface area contributed by atoms with Gasteiger partial charge in [-0.25, -0.2) is 0 Å². The highest BCUT2D eigenvalue weighted by Gasteiger charge is 2.06. The van der Waals surface area contributed by atoms with Crippen LogP contribution in [-0.2, 0) is 9.53 Å². The van der Waals surface area contributed by atoms with Crippen molar-refractivity contribution in [1.29, 1.82) is 0 Å². The number of ether oxygens (including phenoxy) is 2. The van der Waals surface area contributed by atoms with Gasteiger partial charge in [-0.3, -0.25) is 4.79 Å². The summed E-state index contributed by atoms with van der Waals surface area (Å²) in [6, 6.07) is 4.82. The summed E-state index contributed by atoms with van der Waals surface area (Å²) in [6.07, 6.45) is 0. The fourth-order valence-corrected chi connectivity index (χ4v) is 1.63. The summed E-state index contributed by atoms with van der Waals surface area (Å²) in [7, 11) is 0. The Kier molecular flexibility index (Phi) is 7.44. The van der Waals surface area contributed by atoms with Crippen LogP contribution < -0.4 is 10.1 Å². The van der Waals surface area contributed by atoms with E-state index in [4.69, 9.17) is 32.7 Å². The molecule has 0 aliphatic heterocycles. The van der Waals surface area contributed by atoms with Crippen molar-refractivity contribution in [1.82, 2.24) is 5.32 Å². The van der Waals surface area contributed by atoms with E-state index in [9.17, 15) is 4.79 Å². The molecule has 0 spiro atoms. The van der Waals surface area contributed by atoms with Crippen molar-refractivity contribution >= 4 is 29.1 Å². The highest BCUT2D eigenvalue weighted by atomic mass is 35.5. The molecule has 0 fully saturated rings. The van der Waals surface area contributed by atoms with Gasteiger partial charge in [-0.2, -0.15) is 0 Å². The average molecular weight is 318 g/mol. The molecular weight excluding hydrogens is 301 g/mol. The zero-order valence-electron chi connectivity index (χ0n) is 11.2. The Morgan fingerprint density at radius 1 is 1.35 bits per heavy atom. The SMILES string of the molecule is C=C(C)COCCNC(=O)COc1cc(Cl)ccc1Cl. The van der Waals surface area contributed by atoms with Crippen LogP contribution >= 0.6 is 23.2 Å². The molecule has 1 aromatic rings. The Morgan fingerprint density at radius 3 is 2.80 bits per heavy atom. The molecule has 0 saturated heterocycles. The Bertz CT molecular complexity index is 477. The third-order valence-electron chi connectivity index (χ3n) is 2.17. The summed E-state index contributed by atoms with van der Waals surface area (Å²) in [5, 5.41) is 3.57. The van der Waals surface area contributed by atoms with Crippen LogP contribution in [0.5, 0.6) is 5.75 Å². The van der Waals surface area contributed by atoms with Crippen LogP contribution in [-0.4, -0.2) is 32.3 Å². The van der Waals surface area contributed by atoms with Gasteiger partial charge >= 0.3 is 0 Å². The number of rotatable bonds is 8. The maximum atomic E-state index is 11.5. The summed E-state index contributed by atoms with van der Waals surface area (Å²) >= 11 is 11.7. The smallest absolute Gasteiger partial charge is 0.258 e. The van der Waals surface area contributed by atoms with Crippen molar-refractivity contribution in [3.8, 4) is 5.75 Å². The van der Waals surface area contributed by atoms with Gasteiger partial charge in [0, 0.05) is 17.6 Å². The minimum atomic E-state index is -0.250. The van der Waals surface area contributed by atoms with E-state index in [1.54, 1.807) is 18.2 Å². The lowest BCUT2D eigenvalue weighted by Gasteiger charge is -2.09. The molecule has 0 aliphatic carbocycles. The number of amides is 1. The number of hydrogen-bond donors (Lipinski definition) is 1. The van der Waals surface area contributed by atoms with Gasteiger partial charge in [0.05, 0.1) is 18.2 Å². The van der Waals surface area contributed by atoms with Crippen LogP contribution in [0, 0.1) is 0 Å². The quantitative estimate of drug-likeness (QED) is 0.592. The van der Waals surface area contributed by atoms with Gasteiger partial charge in [-0.1, -0.05) is 35.4 Å². The van der Waals surface area contributed by atoms with Gasteiger partial charge in [0.25, 0.3) is 5.91 Å². The standard InChI is InChI=1S/C14H17Cl2NO3/c1-10(2)8-19-6-5-17-14(18)9-20-13-7-11(15)3-4-12(13)16/h3-4,7H,1,5-6,8-9H2,2H3,(H,17,18). The van der Waals surface area contributed by atoms with Gasteiger partial charge in [0.2, 0.25) is 0 Å². The number of carbonyl (C=O) groups is 1. The fourth-order valence-electron chi connectivity index (χ4n) is 1.29. The molecule has 0 aliphatic rings. The molecule has 110 valence electrons. The van der Waals surface area contributed by atoms with Gasteiger partial charge in [-0.15, -0.1) is 0 Å². The fraction of sp³-hybridized carbons (Fsp3) is 0.357. The first-order chi connectivity index (χ1) is 9.49. The summed E-state index contributed by atoms with van der Waals surface area (Å²) in [6.45, 7) is 6.80. The van der Waals surface area contributed by atoms with E-state index in [1.807, 2.05) is 6.92 Å². The number of carbonyl (C=O) groups excluding carboxylic acids is 1. The second-order valence-corrected chi connectivity index (χ2v) is 5.07. The topological polar surface area (TPSA) is 47.6 Å². The first kappa shape index (κ1) is 16.8. The number of nitrogens with one attached hydrogen (secondary N) is 1.